The highest BCUT2D eigenvalue weighted by atomic mass is 79.9. The molecular formula is C11H7BrClF3N4. The number of rotatable bonds is 2. The summed E-state index contributed by atoms with van der Waals surface area (Å²) in [7, 11) is 0. The van der Waals surface area contributed by atoms with Crippen molar-refractivity contribution in [2.75, 3.05) is 11.1 Å². The minimum absolute atomic E-state index is 0.0564. The van der Waals surface area contributed by atoms with Crippen LogP contribution in [0.15, 0.2) is 28.7 Å². The molecule has 0 saturated heterocycles. The smallest absolute Gasteiger partial charge is 0.368 e. The van der Waals surface area contributed by atoms with Gasteiger partial charge in [0.05, 0.1) is 5.02 Å². The Hall–Kier alpha value is -1.54. The van der Waals surface area contributed by atoms with E-state index < -0.39 is 17.8 Å². The van der Waals surface area contributed by atoms with E-state index >= 15 is 0 Å². The Labute approximate surface area is 125 Å². The van der Waals surface area contributed by atoms with Crippen LogP contribution in [0.25, 0.3) is 0 Å². The van der Waals surface area contributed by atoms with Crippen LogP contribution in [0.5, 0.6) is 0 Å². The molecule has 1 aromatic carbocycles. The lowest BCUT2D eigenvalue weighted by Gasteiger charge is -2.10. The maximum absolute atomic E-state index is 12.6. The molecule has 4 nitrogen and oxygen atoms in total. The minimum Gasteiger partial charge on any atom is -0.368 e. The van der Waals surface area contributed by atoms with Gasteiger partial charge < -0.3 is 11.1 Å². The van der Waals surface area contributed by atoms with Crippen LogP contribution >= 0.6 is 27.5 Å². The summed E-state index contributed by atoms with van der Waals surface area (Å²) in [4.78, 5) is 6.85. The molecule has 3 N–H and O–H groups in total. The zero-order chi connectivity index (χ0) is 14.9. The lowest BCUT2D eigenvalue weighted by molar-refractivity contribution is -0.141. The van der Waals surface area contributed by atoms with Gasteiger partial charge in [0.2, 0.25) is 5.95 Å². The number of nitrogens with zero attached hydrogens (tertiary/aromatic N) is 2. The van der Waals surface area contributed by atoms with Crippen LogP contribution in [0, 0.1) is 0 Å². The molecular weight excluding hydrogens is 360 g/mol. The number of halogens is 5. The number of nitrogens with two attached hydrogens (primary N) is 1. The van der Waals surface area contributed by atoms with Crippen molar-refractivity contribution in [2.24, 2.45) is 0 Å². The standard InChI is InChI=1S/C11H7BrClF3N4/c12-6-3-5(1-2-7(6)13)18-9-4-8(11(14,15)16)19-10(17)20-9/h1-4H,(H3,17,18,19,20). The SMILES string of the molecule is Nc1nc(Nc2ccc(Cl)c(Br)c2)cc(C(F)(F)F)n1. The summed E-state index contributed by atoms with van der Waals surface area (Å²) in [5.74, 6) is -0.519. The summed E-state index contributed by atoms with van der Waals surface area (Å²) >= 11 is 9.04. The Morgan fingerprint density at radius 2 is 1.90 bits per heavy atom. The van der Waals surface area contributed by atoms with E-state index in [0.717, 1.165) is 6.07 Å². The quantitative estimate of drug-likeness (QED) is 0.833. The second kappa shape index (κ2) is 5.45. The van der Waals surface area contributed by atoms with Crippen LogP contribution in [0.4, 0.5) is 30.6 Å². The molecule has 0 aliphatic rings. The highest BCUT2D eigenvalue weighted by Crippen LogP contribution is 2.31. The number of nitrogens with one attached hydrogen (secondary N) is 1. The van der Waals surface area contributed by atoms with Gasteiger partial charge in [0, 0.05) is 16.2 Å². The molecule has 2 rings (SSSR count). The normalized spacial score (nSPS) is 11.4. The molecule has 0 atom stereocenters. The van der Waals surface area contributed by atoms with Gasteiger partial charge in [0.15, 0.2) is 5.69 Å². The van der Waals surface area contributed by atoms with Crippen LogP contribution in [0.1, 0.15) is 5.69 Å². The molecule has 0 bridgehead atoms. The summed E-state index contributed by atoms with van der Waals surface area (Å²) in [5.41, 5.74) is 4.67. The first kappa shape index (κ1) is 14.9. The van der Waals surface area contributed by atoms with Crippen LogP contribution in [-0.2, 0) is 6.18 Å². The summed E-state index contributed by atoms with van der Waals surface area (Å²) in [6.07, 6.45) is -4.59. The molecule has 106 valence electrons. The topological polar surface area (TPSA) is 63.8 Å². The molecule has 0 unspecified atom stereocenters. The molecule has 9 heteroatoms. The molecule has 20 heavy (non-hydrogen) atoms. The first-order valence-corrected chi connectivity index (χ1v) is 6.36. The number of hydrogen-bond acceptors (Lipinski definition) is 4. The number of nitrogen functional groups attached to an aromatic ring is 1. The van der Waals surface area contributed by atoms with Gasteiger partial charge in [-0.15, -0.1) is 0 Å². The lowest BCUT2D eigenvalue weighted by atomic mass is 10.3. The zero-order valence-electron chi connectivity index (χ0n) is 9.67. The van der Waals surface area contributed by atoms with Gasteiger partial charge in [-0.1, -0.05) is 11.6 Å². The van der Waals surface area contributed by atoms with E-state index in [1.165, 1.54) is 0 Å². The fourth-order valence-electron chi connectivity index (χ4n) is 1.40. The number of hydrogen-bond donors (Lipinski definition) is 2. The van der Waals surface area contributed by atoms with Gasteiger partial charge in [-0.3, -0.25) is 0 Å². The fraction of sp³-hybridized carbons (Fsp3) is 0.0909. The zero-order valence-corrected chi connectivity index (χ0v) is 12.0. The average Bonchev–Trinajstić information content (AvgIpc) is 2.32. The molecule has 2 aromatic rings. The maximum atomic E-state index is 12.6. The summed E-state index contributed by atoms with van der Waals surface area (Å²) in [5, 5.41) is 3.19. The highest BCUT2D eigenvalue weighted by Gasteiger charge is 2.33. The molecule has 0 saturated carbocycles. The Bertz CT molecular complexity index is 648. The third-order valence-electron chi connectivity index (χ3n) is 2.23. The van der Waals surface area contributed by atoms with Crippen LogP contribution in [0.2, 0.25) is 5.02 Å². The lowest BCUT2D eigenvalue weighted by Crippen LogP contribution is -2.12. The Kier molecular flexibility index (Phi) is 4.05. The molecule has 1 heterocycles. The van der Waals surface area contributed by atoms with E-state index in [9.17, 15) is 13.2 Å². The molecule has 0 amide bonds. The minimum atomic E-state index is -4.59. The van der Waals surface area contributed by atoms with Gasteiger partial charge in [-0.05, 0) is 34.1 Å². The van der Waals surface area contributed by atoms with Gasteiger partial charge in [0.25, 0.3) is 0 Å². The van der Waals surface area contributed by atoms with Crippen molar-refractivity contribution in [1.29, 1.82) is 0 Å². The Morgan fingerprint density at radius 1 is 1.20 bits per heavy atom. The van der Waals surface area contributed by atoms with Crippen LogP contribution < -0.4 is 11.1 Å². The van der Waals surface area contributed by atoms with E-state index in [-0.39, 0.29) is 5.82 Å². The maximum Gasteiger partial charge on any atom is 0.433 e. The van der Waals surface area contributed by atoms with Crippen LogP contribution in [-0.4, -0.2) is 9.97 Å². The monoisotopic (exact) mass is 366 g/mol. The average molecular weight is 368 g/mol. The van der Waals surface area contributed by atoms with Crippen molar-refractivity contribution in [3.8, 4) is 0 Å². The van der Waals surface area contributed by atoms with Crippen molar-refractivity contribution < 1.29 is 13.2 Å². The van der Waals surface area contributed by atoms with E-state index in [1.807, 2.05) is 0 Å². The van der Waals surface area contributed by atoms with E-state index in [0.29, 0.717) is 15.2 Å². The second-order valence-electron chi connectivity index (χ2n) is 3.75. The highest BCUT2D eigenvalue weighted by molar-refractivity contribution is 9.10. The van der Waals surface area contributed by atoms with Crippen molar-refractivity contribution in [3.05, 3.63) is 39.5 Å². The predicted molar refractivity (Wildman–Crippen MR) is 73.9 cm³/mol. The van der Waals surface area contributed by atoms with Crippen molar-refractivity contribution >= 4 is 45.0 Å². The first-order chi connectivity index (χ1) is 9.25. The summed E-state index contributed by atoms with van der Waals surface area (Å²) in [6, 6.07) is 5.56. The number of benzene rings is 1. The first-order valence-electron chi connectivity index (χ1n) is 5.19. The summed E-state index contributed by atoms with van der Waals surface area (Å²) in [6.45, 7) is 0. The van der Waals surface area contributed by atoms with Crippen molar-refractivity contribution in [3.63, 3.8) is 0 Å². The van der Waals surface area contributed by atoms with Gasteiger partial charge in [0.1, 0.15) is 5.82 Å². The van der Waals surface area contributed by atoms with Gasteiger partial charge >= 0.3 is 6.18 Å². The molecule has 0 fully saturated rings. The van der Waals surface area contributed by atoms with Gasteiger partial charge in [-0.25, -0.2) is 4.98 Å². The Morgan fingerprint density at radius 3 is 2.50 bits per heavy atom. The van der Waals surface area contributed by atoms with E-state index in [2.05, 4.69) is 31.2 Å². The number of alkyl halides is 3. The predicted octanol–water partition coefficient (Wildman–Crippen LogP) is 4.24. The third-order valence-corrected chi connectivity index (χ3v) is 3.44. The number of anilines is 3. The number of aromatic nitrogens is 2. The second-order valence-corrected chi connectivity index (χ2v) is 5.01. The van der Waals surface area contributed by atoms with E-state index in [4.69, 9.17) is 17.3 Å². The van der Waals surface area contributed by atoms with E-state index in [1.54, 1.807) is 18.2 Å². The van der Waals surface area contributed by atoms with Crippen LogP contribution in [0.3, 0.4) is 0 Å². The molecule has 0 aliphatic heterocycles. The molecule has 1 aromatic heterocycles. The van der Waals surface area contributed by atoms with Crippen molar-refractivity contribution in [2.45, 2.75) is 6.18 Å². The molecule has 0 radical (unpaired) electrons. The molecule has 0 spiro atoms. The molecule has 0 aliphatic carbocycles. The fourth-order valence-corrected chi connectivity index (χ4v) is 1.89. The van der Waals surface area contributed by atoms with Crippen molar-refractivity contribution in [1.82, 2.24) is 9.97 Å². The third kappa shape index (κ3) is 3.51. The largest absolute Gasteiger partial charge is 0.433 e. The van der Waals surface area contributed by atoms with Gasteiger partial charge in [-0.2, -0.15) is 18.2 Å². The Balaban J connectivity index is 2.33. The summed E-state index contributed by atoms with van der Waals surface area (Å²) < 4.78 is 38.4.